The second-order valence-corrected chi connectivity index (χ2v) is 7.96. The molecule has 1 aliphatic rings. The molecular weight excluding hydrogens is 354 g/mol. The van der Waals surface area contributed by atoms with Crippen LogP contribution in [0.2, 0.25) is 0 Å². The summed E-state index contributed by atoms with van der Waals surface area (Å²) in [5, 5.41) is 13.2. The molecule has 0 aliphatic heterocycles. The first-order chi connectivity index (χ1) is 13.1. The van der Waals surface area contributed by atoms with Crippen molar-refractivity contribution in [1.29, 1.82) is 5.26 Å². The zero-order valence-corrected chi connectivity index (χ0v) is 16.8. The fourth-order valence-electron chi connectivity index (χ4n) is 3.45. The molecule has 1 aliphatic carbocycles. The zero-order chi connectivity index (χ0) is 19.2. The number of rotatable bonds is 6. The molecule has 0 radical (unpaired) electrons. The van der Waals surface area contributed by atoms with Crippen LogP contribution in [0.25, 0.3) is 0 Å². The van der Waals surface area contributed by atoms with E-state index in [0.717, 1.165) is 53.2 Å². The number of nitrogens with zero attached hydrogens (tertiary/aromatic N) is 2. The molecule has 27 heavy (non-hydrogen) atoms. The van der Waals surface area contributed by atoms with Gasteiger partial charge < -0.3 is 5.32 Å². The Bertz CT molecular complexity index is 886. The van der Waals surface area contributed by atoms with Gasteiger partial charge in [-0.15, -0.1) is 11.8 Å². The number of carbonyl (C=O) groups is 1. The van der Waals surface area contributed by atoms with Crippen molar-refractivity contribution in [1.82, 2.24) is 4.98 Å². The third-order valence-electron chi connectivity index (χ3n) is 4.96. The topological polar surface area (TPSA) is 65.8 Å². The van der Waals surface area contributed by atoms with E-state index in [1.807, 2.05) is 31.2 Å². The maximum absolute atomic E-state index is 12.4. The molecule has 0 bridgehead atoms. The summed E-state index contributed by atoms with van der Waals surface area (Å²) in [5.74, 6) is 0.614. The lowest BCUT2D eigenvalue weighted by molar-refractivity contribution is -0.115. The summed E-state index contributed by atoms with van der Waals surface area (Å²) in [6, 6.07) is 10.3. The molecule has 1 N–H and O–H groups in total. The molecule has 1 heterocycles. The van der Waals surface area contributed by atoms with Gasteiger partial charge in [-0.25, -0.2) is 4.98 Å². The van der Waals surface area contributed by atoms with Crippen LogP contribution in [0.3, 0.4) is 0 Å². The van der Waals surface area contributed by atoms with Crippen molar-refractivity contribution in [3.8, 4) is 6.07 Å². The average molecular weight is 380 g/mol. The van der Waals surface area contributed by atoms with E-state index in [-0.39, 0.29) is 5.91 Å². The van der Waals surface area contributed by atoms with Gasteiger partial charge in [-0.2, -0.15) is 5.26 Å². The summed E-state index contributed by atoms with van der Waals surface area (Å²) in [6.07, 6.45) is 5.62. The number of hydrogen-bond acceptors (Lipinski definition) is 4. The van der Waals surface area contributed by atoms with Crippen molar-refractivity contribution < 1.29 is 4.79 Å². The van der Waals surface area contributed by atoms with Gasteiger partial charge in [0.15, 0.2) is 0 Å². The standard InChI is InChI=1S/C22H25N3OS/c1-3-16-9-6-7-15(2)21(16)25-20(26)11-12-27-22-18(14-23)13-17-8-4-5-10-19(17)24-22/h6-7,9,13H,3-5,8,10-12H2,1-2H3,(H,25,26). The first kappa shape index (κ1) is 19.4. The smallest absolute Gasteiger partial charge is 0.225 e. The molecule has 0 atom stereocenters. The van der Waals surface area contributed by atoms with Crippen LogP contribution in [0, 0.1) is 18.3 Å². The highest BCUT2D eigenvalue weighted by atomic mass is 32.2. The molecule has 1 aromatic carbocycles. The fourth-order valence-corrected chi connectivity index (χ4v) is 4.36. The summed E-state index contributed by atoms with van der Waals surface area (Å²) >= 11 is 1.50. The lowest BCUT2D eigenvalue weighted by atomic mass is 9.95. The average Bonchev–Trinajstić information content (AvgIpc) is 2.69. The van der Waals surface area contributed by atoms with E-state index in [1.54, 1.807) is 0 Å². The van der Waals surface area contributed by atoms with Crippen LogP contribution in [0.1, 0.15) is 54.1 Å². The van der Waals surface area contributed by atoms with Crippen LogP contribution >= 0.6 is 11.8 Å². The Hall–Kier alpha value is -2.32. The third-order valence-corrected chi connectivity index (χ3v) is 5.95. The van der Waals surface area contributed by atoms with Gasteiger partial charge in [0, 0.05) is 23.6 Å². The Labute approximate surface area is 165 Å². The first-order valence-corrected chi connectivity index (χ1v) is 10.5. The number of aromatic nitrogens is 1. The lowest BCUT2D eigenvalue weighted by Crippen LogP contribution is -2.14. The molecule has 140 valence electrons. The summed E-state index contributed by atoms with van der Waals surface area (Å²) in [5.41, 5.74) is 6.14. The van der Waals surface area contributed by atoms with Gasteiger partial charge in [-0.05, 0) is 61.8 Å². The molecule has 0 saturated heterocycles. The number of aryl methyl sites for hydroxylation is 4. The Morgan fingerprint density at radius 3 is 2.93 bits per heavy atom. The van der Waals surface area contributed by atoms with Crippen molar-refractivity contribution in [3.63, 3.8) is 0 Å². The minimum Gasteiger partial charge on any atom is -0.326 e. The van der Waals surface area contributed by atoms with Gasteiger partial charge >= 0.3 is 0 Å². The number of amides is 1. The SMILES string of the molecule is CCc1cccc(C)c1NC(=O)CCSc1nc2c(cc1C#N)CCCC2. The second kappa shape index (κ2) is 9.05. The molecule has 3 rings (SSSR count). The summed E-state index contributed by atoms with van der Waals surface area (Å²) < 4.78 is 0. The fraction of sp³-hybridized carbons (Fsp3) is 0.409. The second-order valence-electron chi connectivity index (χ2n) is 6.88. The van der Waals surface area contributed by atoms with Crippen LogP contribution in [0.5, 0.6) is 0 Å². The van der Waals surface area contributed by atoms with E-state index < -0.39 is 0 Å². The largest absolute Gasteiger partial charge is 0.326 e. The molecular formula is C22H25N3OS. The maximum Gasteiger partial charge on any atom is 0.225 e. The molecule has 2 aromatic rings. The Kier molecular flexibility index (Phi) is 6.52. The number of nitrogens with one attached hydrogen (secondary N) is 1. The number of nitriles is 1. The van der Waals surface area contributed by atoms with Gasteiger partial charge in [-0.1, -0.05) is 25.1 Å². The van der Waals surface area contributed by atoms with E-state index >= 15 is 0 Å². The van der Waals surface area contributed by atoms with Crippen molar-refractivity contribution in [3.05, 3.63) is 52.2 Å². The number of carbonyl (C=O) groups excluding carboxylic acids is 1. The molecule has 0 saturated carbocycles. The Balaban J connectivity index is 1.62. The number of anilines is 1. The highest BCUT2D eigenvalue weighted by Crippen LogP contribution is 2.28. The van der Waals surface area contributed by atoms with Crippen molar-refractivity contribution in [2.24, 2.45) is 0 Å². The van der Waals surface area contributed by atoms with Crippen molar-refractivity contribution in [2.45, 2.75) is 57.4 Å². The minimum absolute atomic E-state index is 0.00275. The summed E-state index contributed by atoms with van der Waals surface area (Å²) in [6.45, 7) is 4.10. The van der Waals surface area contributed by atoms with Crippen LogP contribution in [0.15, 0.2) is 29.3 Å². The van der Waals surface area contributed by atoms with Crippen molar-refractivity contribution >= 4 is 23.4 Å². The highest BCUT2D eigenvalue weighted by Gasteiger charge is 2.16. The number of pyridine rings is 1. The van der Waals surface area contributed by atoms with E-state index in [9.17, 15) is 10.1 Å². The molecule has 4 nitrogen and oxygen atoms in total. The third kappa shape index (κ3) is 4.70. The molecule has 0 unspecified atom stereocenters. The van der Waals surface area contributed by atoms with E-state index in [2.05, 4.69) is 18.3 Å². The summed E-state index contributed by atoms with van der Waals surface area (Å²) in [4.78, 5) is 17.1. The summed E-state index contributed by atoms with van der Waals surface area (Å²) in [7, 11) is 0. The maximum atomic E-state index is 12.4. The zero-order valence-electron chi connectivity index (χ0n) is 16.0. The van der Waals surface area contributed by atoms with Gasteiger partial charge in [-0.3, -0.25) is 4.79 Å². The minimum atomic E-state index is 0.00275. The van der Waals surface area contributed by atoms with Crippen LogP contribution in [-0.2, 0) is 24.1 Å². The van der Waals surface area contributed by atoms with Gasteiger partial charge in [0.05, 0.1) is 5.56 Å². The van der Waals surface area contributed by atoms with Gasteiger partial charge in [0.1, 0.15) is 11.1 Å². The Morgan fingerprint density at radius 1 is 1.33 bits per heavy atom. The molecule has 0 fully saturated rings. The Morgan fingerprint density at radius 2 is 2.15 bits per heavy atom. The number of hydrogen-bond donors (Lipinski definition) is 1. The molecule has 1 aromatic heterocycles. The highest BCUT2D eigenvalue weighted by molar-refractivity contribution is 7.99. The first-order valence-electron chi connectivity index (χ1n) is 9.56. The normalized spacial score (nSPS) is 12.9. The number of thioether (sulfide) groups is 1. The van der Waals surface area contributed by atoms with Crippen LogP contribution in [-0.4, -0.2) is 16.6 Å². The van der Waals surface area contributed by atoms with Crippen LogP contribution < -0.4 is 5.32 Å². The molecule has 0 spiro atoms. The predicted octanol–water partition coefficient (Wildman–Crippen LogP) is 4.82. The molecule has 1 amide bonds. The number of para-hydroxylation sites is 1. The monoisotopic (exact) mass is 379 g/mol. The van der Waals surface area contributed by atoms with E-state index in [4.69, 9.17) is 4.98 Å². The van der Waals surface area contributed by atoms with E-state index in [0.29, 0.717) is 17.7 Å². The van der Waals surface area contributed by atoms with Gasteiger partial charge in [0.2, 0.25) is 5.91 Å². The van der Waals surface area contributed by atoms with E-state index in [1.165, 1.54) is 23.7 Å². The number of benzene rings is 1. The predicted molar refractivity (Wildman–Crippen MR) is 110 cm³/mol. The van der Waals surface area contributed by atoms with Crippen molar-refractivity contribution in [2.75, 3.05) is 11.1 Å². The van der Waals surface area contributed by atoms with Crippen LogP contribution in [0.4, 0.5) is 5.69 Å². The quantitative estimate of drug-likeness (QED) is 0.731. The lowest BCUT2D eigenvalue weighted by Gasteiger charge is -2.16. The molecule has 5 heteroatoms. The number of fused-ring (bicyclic) bond motifs is 1. The van der Waals surface area contributed by atoms with Gasteiger partial charge in [0.25, 0.3) is 0 Å².